The molecule has 0 spiro atoms. The monoisotopic (exact) mass is 294 g/mol. The molecule has 0 radical (unpaired) electrons. The standard InChI is InChI=1S/C16H23ClN2O/c1-11-7-12(9-18)10-19(11)15(20)16(2,3)13-5-4-6-14(17)8-13/h4-6,8,11-12H,7,9-10,18H2,1-3H3. The molecular weight excluding hydrogens is 272 g/mol. The van der Waals surface area contributed by atoms with Crippen LogP contribution >= 0.6 is 11.6 Å². The summed E-state index contributed by atoms with van der Waals surface area (Å²) in [5.41, 5.74) is 6.13. The van der Waals surface area contributed by atoms with Crippen molar-refractivity contribution in [2.24, 2.45) is 11.7 Å². The summed E-state index contributed by atoms with van der Waals surface area (Å²) in [5.74, 6) is 0.576. The molecule has 3 nitrogen and oxygen atoms in total. The third-order valence-electron chi connectivity index (χ3n) is 4.34. The molecule has 1 saturated heterocycles. The van der Waals surface area contributed by atoms with Crippen molar-refractivity contribution < 1.29 is 4.79 Å². The largest absolute Gasteiger partial charge is 0.339 e. The van der Waals surface area contributed by atoms with Crippen molar-refractivity contribution in [2.45, 2.75) is 38.6 Å². The van der Waals surface area contributed by atoms with Gasteiger partial charge < -0.3 is 10.6 Å². The van der Waals surface area contributed by atoms with Crippen molar-refractivity contribution in [3.05, 3.63) is 34.9 Å². The van der Waals surface area contributed by atoms with Crippen molar-refractivity contribution >= 4 is 17.5 Å². The summed E-state index contributed by atoms with van der Waals surface area (Å²) in [4.78, 5) is 14.9. The molecule has 1 aromatic carbocycles. The molecule has 1 amide bonds. The molecule has 0 aliphatic carbocycles. The van der Waals surface area contributed by atoms with Gasteiger partial charge in [0.1, 0.15) is 0 Å². The molecule has 1 aromatic rings. The van der Waals surface area contributed by atoms with Gasteiger partial charge in [-0.3, -0.25) is 4.79 Å². The van der Waals surface area contributed by atoms with Crippen molar-refractivity contribution in [3.8, 4) is 0 Å². The molecule has 1 aliphatic rings. The summed E-state index contributed by atoms with van der Waals surface area (Å²) in [7, 11) is 0. The Morgan fingerprint density at radius 3 is 2.75 bits per heavy atom. The number of likely N-dealkylation sites (tertiary alicyclic amines) is 1. The van der Waals surface area contributed by atoms with Crippen molar-refractivity contribution in [1.82, 2.24) is 4.90 Å². The van der Waals surface area contributed by atoms with Crippen LogP contribution in [-0.2, 0) is 10.2 Å². The maximum atomic E-state index is 12.9. The van der Waals surface area contributed by atoms with Gasteiger partial charge in [0.05, 0.1) is 5.41 Å². The number of hydrogen-bond acceptors (Lipinski definition) is 2. The maximum absolute atomic E-state index is 12.9. The fraction of sp³-hybridized carbons (Fsp3) is 0.562. The van der Waals surface area contributed by atoms with Crippen LogP contribution in [0.5, 0.6) is 0 Å². The van der Waals surface area contributed by atoms with Gasteiger partial charge in [0.15, 0.2) is 0 Å². The second kappa shape index (κ2) is 5.74. The molecule has 110 valence electrons. The molecule has 2 N–H and O–H groups in total. The van der Waals surface area contributed by atoms with E-state index in [-0.39, 0.29) is 11.9 Å². The third-order valence-corrected chi connectivity index (χ3v) is 4.57. The Hall–Kier alpha value is -1.06. The highest BCUT2D eigenvalue weighted by Gasteiger charge is 2.39. The summed E-state index contributed by atoms with van der Waals surface area (Å²) >= 11 is 6.05. The Kier molecular flexibility index (Phi) is 4.40. The smallest absolute Gasteiger partial charge is 0.232 e. The highest BCUT2D eigenvalue weighted by molar-refractivity contribution is 6.30. The van der Waals surface area contributed by atoms with E-state index in [2.05, 4.69) is 6.92 Å². The quantitative estimate of drug-likeness (QED) is 0.932. The number of amides is 1. The molecule has 0 saturated carbocycles. The molecule has 1 fully saturated rings. The van der Waals surface area contributed by atoms with Crippen LogP contribution in [0.1, 0.15) is 32.8 Å². The Labute approximate surface area is 126 Å². The van der Waals surface area contributed by atoms with E-state index in [1.54, 1.807) is 0 Å². The Bertz CT molecular complexity index is 501. The lowest BCUT2D eigenvalue weighted by molar-refractivity contribution is -0.136. The summed E-state index contributed by atoms with van der Waals surface area (Å²) in [6, 6.07) is 7.82. The Morgan fingerprint density at radius 1 is 1.50 bits per heavy atom. The molecular formula is C16H23ClN2O. The zero-order chi connectivity index (χ0) is 14.9. The second-order valence-corrected chi connectivity index (χ2v) is 6.72. The lowest BCUT2D eigenvalue weighted by Crippen LogP contribution is -2.45. The molecule has 0 aromatic heterocycles. The van der Waals surface area contributed by atoms with E-state index in [9.17, 15) is 4.79 Å². The van der Waals surface area contributed by atoms with Crippen LogP contribution in [0.25, 0.3) is 0 Å². The molecule has 0 bridgehead atoms. The number of nitrogens with zero attached hydrogens (tertiary/aromatic N) is 1. The van der Waals surface area contributed by atoms with E-state index >= 15 is 0 Å². The summed E-state index contributed by atoms with van der Waals surface area (Å²) in [6.45, 7) is 7.43. The third kappa shape index (κ3) is 2.84. The number of hydrogen-bond donors (Lipinski definition) is 1. The lowest BCUT2D eigenvalue weighted by atomic mass is 9.83. The number of halogens is 1. The van der Waals surface area contributed by atoms with Crippen molar-refractivity contribution in [1.29, 1.82) is 0 Å². The highest BCUT2D eigenvalue weighted by Crippen LogP contribution is 2.32. The van der Waals surface area contributed by atoms with Crippen LogP contribution in [0.2, 0.25) is 5.02 Å². The zero-order valence-electron chi connectivity index (χ0n) is 12.4. The minimum Gasteiger partial charge on any atom is -0.339 e. The first-order valence-electron chi connectivity index (χ1n) is 7.13. The van der Waals surface area contributed by atoms with Gasteiger partial charge >= 0.3 is 0 Å². The van der Waals surface area contributed by atoms with Gasteiger partial charge in [-0.25, -0.2) is 0 Å². The average Bonchev–Trinajstić information content (AvgIpc) is 2.79. The van der Waals surface area contributed by atoms with Gasteiger partial charge in [0, 0.05) is 17.6 Å². The van der Waals surface area contributed by atoms with Crippen LogP contribution in [0.15, 0.2) is 24.3 Å². The van der Waals surface area contributed by atoms with Gasteiger partial charge in [-0.15, -0.1) is 0 Å². The second-order valence-electron chi connectivity index (χ2n) is 6.28. The summed E-state index contributed by atoms with van der Waals surface area (Å²) < 4.78 is 0. The molecule has 20 heavy (non-hydrogen) atoms. The van der Waals surface area contributed by atoms with Gasteiger partial charge in [-0.1, -0.05) is 23.7 Å². The van der Waals surface area contributed by atoms with E-state index in [1.807, 2.05) is 43.0 Å². The van der Waals surface area contributed by atoms with E-state index in [1.165, 1.54) is 0 Å². The fourth-order valence-electron chi connectivity index (χ4n) is 2.96. The Morgan fingerprint density at radius 2 is 2.20 bits per heavy atom. The molecule has 1 aliphatic heterocycles. The maximum Gasteiger partial charge on any atom is 0.232 e. The zero-order valence-corrected chi connectivity index (χ0v) is 13.2. The van der Waals surface area contributed by atoms with Crippen molar-refractivity contribution in [3.63, 3.8) is 0 Å². The van der Waals surface area contributed by atoms with Crippen molar-refractivity contribution in [2.75, 3.05) is 13.1 Å². The molecule has 2 rings (SSSR count). The van der Waals surface area contributed by atoms with Crippen LogP contribution in [0.3, 0.4) is 0 Å². The molecule has 4 heteroatoms. The summed E-state index contributed by atoms with van der Waals surface area (Å²) in [6.07, 6.45) is 0.994. The van der Waals surface area contributed by atoms with Gasteiger partial charge in [0.2, 0.25) is 5.91 Å². The predicted molar refractivity (Wildman–Crippen MR) is 82.8 cm³/mol. The van der Waals surface area contributed by atoms with E-state index in [0.29, 0.717) is 17.5 Å². The SMILES string of the molecule is CC1CC(CN)CN1C(=O)C(C)(C)c1cccc(Cl)c1. The van der Waals surface area contributed by atoms with Crippen LogP contribution in [0.4, 0.5) is 0 Å². The number of carbonyl (C=O) groups excluding carboxylic acids is 1. The molecule has 2 atom stereocenters. The fourth-order valence-corrected chi connectivity index (χ4v) is 3.15. The highest BCUT2D eigenvalue weighted by atomic mass is 35.5. The first kappa shape index (κ1) is 15.3. The van der Waals surface area contributed by atoms with Crippen LogP contribution in [-0.4, -0.2) is 29.9 Å². The average molecular weight is 295 g/mol. The minimum absolute atomic E-state index is 0.156. The van der Waals surface area contributed by atoms with Crippen LogP contribution < -0.4 is 5.73 Å². The number of nitrogens with two attached hydrogens (primary N) is 1. The van der Waals surface area contributed by atoms with Gasteiger partial charge in [0.25, 0.3) is 0 Å². The topological polar surface area (TPSA) is 46.3 Å². The van der Waals surface area contributed by atoms with Crippen LogP contribution in [0, 0.1) is 5.92 Å². The van der Waals surface area contributed by atoms with E-state index in [0.717, 1.165) is 18.5 Å². The summed E-state index contributed by atoms with van der Waals surface area (Å²) in [5, 5.41) is 0.665. The van der Waals surface area contributed by atoms with Gasteiger partial charge in [-0.05, 0) is 57.4 Å². The first-order chi connectivity index (χ1) is 9.36. The van der Waals surface area contributed by atoms with Gasteiger partial charge in [-0.2, -0.15) is 0 Å². The van der Waals surface area contributed by atoms with E-state index in [4.69, 9.17) is 17.3 Å². The number of benzene rings is 1. The molecule has 2 unspecified atom stereocenters. The first-order valence-corrected chi connectivity index (χ1v) is 7.51. The number of carbonyl (C=O) groups is 1. The minimum atomic E-state index is -0.567. The Balaban J connectivity index is 2.23. The predicted octanol–water partition coefficient (Wildman–Crippen LogP) is 2.81. The van der Waals surface area contributed by atoms with E-state index < -0.39 is 5.41 Å². The molecule has 1 heterocycles. The lowest BCUT2D eigenvalue weighted by Gasteiger charge is -2.32. The normalized spacial score (nSPS) is 23.1. The number of rotatable bonds is 3.